The van der Waals surface area contributed by atoms with Gasteiger partial charge < -0.3 is 30.3 Å². The van der Waals surface area contributed by atoms with Gasteiger partial charge in [-0.05, 0) is 48.7 Å². The van der Waals surface area contributed by atoms with Gasteiger partial charge in [0.05, 0.1) is 12.2 Å². The van der Waals surface area contributed by atoms with E-state index in [1.165, 1.54) is 0 Å². The lowest BCUT2D eigenvalue weighted by Gasteiger charge is -2.25. The molecule has 190 valence electrons. The van der Waals surface area contributed by atoms with Crippen LogP contribution in [0.3, 0.4) is 0 Å². The van der Waals surface area contributed by atoms with Crippen molar-refractivity contribution in [1.82, 2.24) is 0 Å². The van der Waals surface area contributed by atoms with Crippen molar-refractivity contribution in [3.05, 3.63) is 48.5 Å². The van der Waals surface area contributed by atoms with Crippen LogP contribution in [0.2, 0.25) is 0 Å². The van der Waals surface area contributed by atoms with E-state index in [-0.39, 0.29) is 41.9 Å². The van der Waals surface area contributed by atoms with Crippen molar-refractivity contribution in [2.45, 2.75) is 73.2 Å². The van der Waals surface area contributed by atoms with E-state index in [0.29, 0.717) is 6.42 Å². The average molecular weight is 467 g/mol. The van der Waals surface area contributed by atoms with Gasteiger partial charge in [0.15, 0.2) is 0 Å². The number of rotatable bonds is 6. The van der Waals surface area contributed by atoms with E-state index in [0.717, 1.165) is 16.9 Å². The number of aliphatic hydroxyl groups is 2. The Morgan fingerprint density at radius 1 is 0.879 bits per heavy atom. The van der Waals surface area contributed by atoms with Gasteiger partial charge in [-0.1, -0.05) is 65.8 Å². The van der Waals surface area contributed by atoms with Crippen molar-refractivity contribution in [2.75, 3.05) is 13.7 Å². The summed E-state index contributed by atoms with van der Waals surface area (Å²) in [5, 5.41) is 29.3. The first-order valence-electron chi connectivity index (χ1n) is 11.9. The first-order valence-corrected chi connectivity index (χ1v) is 11.9. The number of phenols is 1. The van der Waals surface area contributed by atoms with Crippen LogP contribution >= 0.6 is 0 Å². The van der Waals surface area contributed by atoms with E-state index in [1.807, 2.05) is 84.9 Å². The van der Waals surface area contributed by atoms with Gasteiger partial charge in [0.2, 0.25) is 0 Å². The molecular weight excluding hydrogens is 420 g/mol. The molecular formula is C27H46O6. The van der Waals surface area contributed by atoms with Gasteiger partial charge in [-0.2, -0.15) is 0 Å². The number of hydrogen-bond acceptors (Lipinski definition) is 5. The van der Waals surface area contributed by atoms with Crippen LogP contribution in [-0.2, 0) is 4.74 Å². The minimum Gasteiger partial charge on any atom is -0.508 e. The maximum absolute atomic E-state index is 10.5. The number of benzene rings is 2. The third-order valence-electron chi connectivity index (χ3n) is 5.30. The molecule has 0 aliphatic heterocycles. The van der Waals surface area contributed by atoms with E-state index >= 15 is 0 Å². The summed E-state index contributed by atoms with van der Waals surface area (Å²) in [6.07, 6.45) is -0.529. The molecule has 6 nitrogen and oxygen atoms in total. The predicted molar refractivity (Wildman–Crippen MR) is 137 cm³/mol. The van der Waals surface area contributed by atoms with Gasteiger partial charge >= 0.3 is 0 Å². The number of aliphatic hydroxyl groups excluding tert-OH is 2. The summed E-state index contributed by atoms with van der Waals surface area (Å²) >= 11 is 0. The topological polar surface area (TPSA) is 111 Å². The Balaban J connectivity index is 0. The number of phenolic OH excluding ortho intramolecular Hbond substituents is 1. The van der Waals surface area contributed by atoms with Gasteiger partial charge in [0.1, 0.15) is 17.6 Å². The molecule has 1 saturated carbocycles. The first kappa shape index (κ1) is 33.1. The number of aromatic hydroxyl groups is 1. The van der Waals surface area contributed by atoms with Gasteiger partial charge in [-0.25, -0.2) is 0 Å². The van der Waals surface area contributed by atoms with E-state index in [4.69, 9.17) is 9.47 Å². The van der Waals surface area contributed by atoms with Gasteiger partial charge in [0, 0.05) is 25.6 Å². The van der Waals surface area contributed by atoms with Crippen molar-refractivity contribution in [3.63, 3.8) is 0 Å². The number of methoxy groups -OCH3 is 1. The Morgan fingerprint density at radius 3 is 1.73 bits per heavy atom. The minimum atomic E-state index is -0.650. The summed E-state index contributed by atoms with van der Waals surface area (Å²) in [5.41, 5.74) is 2.05. The first-order chi connectivity index (χ1) is 15.5. The minimum absolute atomic E-state index is 0. The molecule has 0 aromatic heterocycles. The van der Waals surface area contributed by atoms with Crippen molar-refractivity contribution < 1.29 is 30.3 Å². The summed E-state index contributed by atoms with van der Waals surface area (Å²) < 4.78 is 11.4. The highest BCUT2D eigenvalue weighted by Gasteiger charge is 2.45. The SMILES string of the molecule is CC.CC.CC.COC1C(CO)CC(C(C)Oc2ccc(-c3ccc(O)cc3)cc2)C1O.O. The summed E-state index contributed by atoms with van der Waals surface area (Å²) in [7, 11) is 1.56. The van der Waals surface area contributed by atoms with E-state index in [2.05, 4.69) is 0 Å². The molecule has 5 atom stereocenters. The highest BCUT2D eigenvalue weighted by molar-refractivity contribution is 5.64. The van der Waals surface area contributed by atoms with Crippen molar-refractivity contribution in [3.8, 4) is 22.6 Å². The second-order valence-electron chi connectivity index (χ2n) is 6.93. The molecule has 33 heavy (non-hydrogen) atoms. The van der Waals surface area contributed by atoms with Crippen LogP contribution in [-0.4, -0.2) is 52.8 Å². The molecule has 2 aromatic carbocycles. The Kier molecular flexibility index (Phi) is 18.4. The molecule has 2 aromatic rings. The third-order valence-corrected chi connectivity index (χ3v) is 5.30. The molecule has 0 spiro atoms. The molecule has 1 aliphatic rings. The third kappa shape index (κ3) is 9.33. The molecule has 6 heteroatoms. The molecule has 0 amide bonds. The standard InChI is InChI=1S/C21H26O5.3C2H6.H2O/c1-13(19-11-16(12-22)21(25-2)20(19)24)26-18-9-5-15(6-10-18)14-3-7-17(23)8-4-14;3*1-2;/h3-10,13,16,19-24H,11-12H2,1-2H3;3*1-2H3;1H2. The number of hydrogen-bond donors (Lipinski definition) is 3. The molecule has 5 unspecified atom stereocenters. The lowest BCUT2D eigenvalue weighted by Crippen LogP contribution is -2.36. The van der Waals surface area contributed by atoms with Crippen LogP contribution in [0, 0.1) is 11.8 Å². The van der Waals surface area contributed by atoms with Gasteiger partial charge in [0.25, 0.3) is 0 Å². The molecule has 0 saturated heterocycles. The van der Waals surface area contributed by atoms with E-state index in [1.54, 1.807) is 19.2 Å². The fourth-order valence-corrected chi connectivity index (χ4v) is 3.81. The van der Waals surface area contributed by atoms with Crippen molar-refractivity contribution in [2.24, 2.45) is 11.8 Å². The summed E-state index contributed by atoms with van der Waals surface area (Å²) in [5.74, 6) is 0.818. The monoisotopic (exact) mass is 466 g/mol. The van der Waals surface area contributed by atoms with Crippen LogP contribution < -0.4 is 4.74 Å². The Morgan fingerprint density at radius 2 is 1.33 bits per heavy atom. The maximum atomic E-state index is 10.5. The predicted octanol–water partition coefficient (Wildman–Crippen LogP) is 5.08. The lowest BCUT2D eigenvalue weighted by atomic mass is 9.98. The Bertz CT molecular complexity index is 702. The Hall–Kier alpha value is -2.12. The zero-order valence-corrected chi connectivity index (χ0v) is 21.6. The lowest BCUT2D eigenvalue weighted by molar-refractivity contribution is -0.0459. The summed E-state index contributed by atoms with van der Waals surface area (Å²) in [6, 6.07) is 14.8. The normalized spacial score (nSPS) is 21.5. The fraction of sp³-hybridized carbons (Fsp3) is 0.556. The van der Waals surface area contributed by atoms with Gasteiger partial charge in [-0.3, -0.25) is 0 Å². The molecule has 0 heterocycles. The van der Waals surface area contributed by atoms with Crippen LogP contribution in [0.1, 0.15) is 54.9 Å². The summed E-state index contributed by atoms with van der Waals surface area (Å²) in [6.45, 7) is 13.9. The molecule has 1 fully saturated rings. The molecule has 3 rings (SSSR count). The zero-order valence-electron chi connectivity index (χ0n) is 21.6. The van der Waals surface area contributed by atoms with Crippen LogP contribution in [0.25, 0.3) is 11.1 Å². The highest BCUT2D eigenvalue weighted by Crippen LogP contribution is 2.37. The Labute approximate surface area is 200 Å². The van der Waals surface area contributed by atoms with Crippen LogP contribution in [0.4, 0.5) is 0 Å². The fourth-order valence-electron chi connectivity index (χ4n) is 3.81. The molecule has 0 radical (unpaired) electrons. The zero-order chi connectivity index (χ0) is 24.7. The van der Waals surface area contributed by atoms with E-state index in [9.17, 15) is 15.3 Å². The van der Waals surface area contributed by atoms with Crippen molar-refractivity contribution in [1.29, 1.82) is 0 Å². The van der Waals surface area contributed by atoms with E-state index < -0.39 is 6.10 Å². The highest BCUT2D eigenvalue weighted by atomic mass is 16.5. The quantitative estimate of drug-likeness (QED) is 0.549. The van der Waals surface area contributed by atoms with Gasteiger partial charge in [-0.15, -0.1) is 0 Å². The van der Waals surface area contributed by atoms with Crippen LogP contribution in [0.15, 0.2) is 48.5 Å². The second-order valence-corrected chi connectivity index (χ2v) is 6.93. The largest absolute Gasteiger partial charge is 0.508 e. The van der Waals surface area contributed by atoms with Crippen LogP contribution in [0.5, 0.6) is 11.5 Å². The molecule has 5 N–H and O–H groups in total. The average Bonchev–Trinajstić information content (AvgIpc) is 3.19. The molecule has 1 aliphatic carbocycles. The van der Waals surface area contributed by atoms with Crippen molar-refractivity contribution >= 4 is 0 Å². The summed E-state index contributed by atoms with van der Waals surface area (Å²) in [4.78, 5) is 0. The smallest absolute Gasteiger partial charge is 0.119 e. The number of ether oxygens (including phenoxy) is 2. The maximum Gasteiger partial charge on any atom is 0.119 e. The second kappa shape index (κ2) is 18.3. The molecule has 0 bridgehead atoms.